The number of para-hydroxylation sites is 1. The quantitative estimate of drug-likeness (QED) is 0.779. The minimum absolute atomic E-state index is 0.232. The van der Waals surface area contributed by atoms with Gasteiger partial charge in [0, 0.05) is 13.1 Å². The zero-order valence-corrected chi connectivity index (χ0v) is 14.6. The monoisotopic (exact) mass is 340 g/mol. The van der Waals surface area contributed by atoms with Crippen molar-refractivity contribution in [3.05, 3.63) is 42.6 Å². The van der Waals surface area contributed by atoms with E-state index in [2.05, 4.69) is 52.2 Å². The molecule has 0 saturated carbocycles. The largest absolute Gasteiger partial charge is 0.372 e. The predicted octanol–water partition coefficient (Wildman–Crippen LogP) is 4.05. The summed E-state index contributed by atoms with van der Waals surface area (Å²) in [4.78, 5) is 11.5. The van der Waals surface area contributed by atoms with Crippen LogP contribution in [0.25, 0.3) is 10.2 Å². The lowest BCUT2D eigenvalue weighted by Gasteiger charge is -2.36. The van der Waals surface area contributed by atoms with Gasteiger partial charge in [0.25, 0.3) is 0 Å². The van der Waals surface area contributed by atoms with Crippen LogP contribution in [0.1, 0.15) is 13.8 Å². The molecule has 0 bridgehead atoms. The molecule has 124 valence electrons. The van der Waals surface area contributed by atoms with Crippen molar-refractivity contribution in [3.63, 3.8) is 0 Å². The van der Waals surface area contributed by atoms with Gasteiger partial charge >= 0.3 is 0 Å². The highest BCUT2D eigenvalue weighted by molar-refractivity contribution is 7.22. The number of ether oxygens (including phenoxy) is 1. The van der Waals surface area contributed by atoms with Crippen molar-refractivity contribution in [2.45, 2.75) is 26.1 Å². The van der Waals surface area contributed by atoms with Gasteiger partial charge in [-0.2, -0.15) is 0 Å². The van der Waals surface area contributed by atoms with Crippen LogP contribution in [0.5, 0.6) is 0 Å². The molecule has 2 atom stereocenters. The van der Waals surface area contributed by atoms with E-state index in [-0.39, 0.29) is 12.2 Å². The minimum Gasteiger partial charge on any atom is -0.372 e. The molecule has 1 saturated heterocycles. The fourth-order valence-electron chi connectivity index (χ4n) is 3.06. The number of benzene rings is 1. The number of hydrogen-bond donors (Lipinski definition) is 1. The summed E-state index contributed by atoms with van der Waals surface area (Å²) < 4.78 is 6.96. The second-order valence-electron chi connectivity index (χ2n) is 6.18. The molecule has 0 aliphatic carbocycles. The summed E-state index contributed by atoms with van der Waals surface area (Å²) in [6, 6.07) is 12.3. The SMILES string of the molecule is C[C@@H]1CN(c2ccc(Nc3nc4ccccc4s3)cn2)C[C@H](C)O1. The molecule has 0 radical (unpaired) electrons. The lowest BCUT2D eigenvalue weighted by molar-refractivity contribution is -0.00545. The molecule has 0 spiro atoms. The molecule has 2 aromatic heterocycles. The van der Waals surface area contributed by atoms with Crippen LogP contribution in [0, 0.1) is 0 Å². The number of nitrogens with one attached hydrogen (secondary N) is 1. The topological polar surface area (TPSA) is 50.3 Å². The molecular formula is C18H20N4OS. The van der Waals surface area contributed by atoms with E-state index in [1.807, 2.05) is 24.4 Å². The highest BCUT2D eigenvalue weighted by Crippen LogP contribution is 2.28. The van der Waals surface area contributed by atoms with Crippen LogP contribution in [-0.4, -0.2) is 35.3 Å². The summed E-state index contributed by atoms with van der Waals surface area (Å²) in [5, 5.41) is 4.23. The van der Waals surface area contributed by atoms with Crippen molar-refractivity contribution in [2.24, 2.45) is 0 Å². The van der Waals surface area contributed by atoms with Crippen LogP contribution in [0.15, 0.2) is 42.6 Å². The van der Waals surface area contributed by atoms with E-state index in [0.717, 1.165) is 35.2 Å². The first-order chi connectivity index (χ1) is 11.7. The number of morpholine rings is 1. The zero-order chi connectivity index (χ0) is 16.5. The summed E-state index contributed by atoms with van der Waals surface area (Å²) in [7, 11) is 0. The van der Waals surface area contributed by atoms with Crippen molar-refractivity contribution in [1.82, 2.24) is 9.97 Å². The molecule has 1 N–H and O–H groups in total. The third kappa shape index (κ3) is 3.20. The number of fused-ring (bicyclic) bond motifs is 1. The predicted molar refractivity (Wildman–Crippen MR) is 99.4 cm³/mol. The van der Waals surface area contributed by atoms with E-state index < -0.39 is 0 Å². The second kappa shape index (κ2) is 6.37. The number of thiazole rings is 1. The van der Waals surface area contributed by atoms with Crippen molar-refractivity contribution in [2.75, 3.05) is 23.3 Å². The molecule has 3 aromatic rings. The van der Waals surface area contributed by atoms with Gasteiger partial charge in [-0.1, -0.05) is 23.5 Å². The molecule has 0 unspecified atom stereocenters. The number of rotatable bonds is 3. The number of hydrogen-bond acceptors (Lipinski definition) is 6. The van der Waals surface area contributed by atoms with Crippen molar-refractivity contribution in [3.8, 4) is 0 Å². The Labute approximate surface area is 145 Å². The van der Waals surface area contributed by atoms with Crippen LogP contribution in [-0.2, 0) is 4.74 Å². The number of anilines is 3. The third-order valence-corrected chi connectivity index (χ3v) is 4.99. The lowest BCUT2D eigenvalue weighted by atomic mass is 10.2. The first-order valence-corrected chi connectivity index (χ1v) is 8.98. The van der Waals surface area contributed by atoms with Gasteiger partial charge in [-0.25, -0.2) is 9.97 Å². The third-order valence-electron chi connectivity index (χ3n) is 4.04. The summed E-state index contributed by atoms with van der Waals surface area (Å²) in [5.74, 6) is 0.992. The van der Waals surface area contributed by atoms with Crippen LogP contribution in [0.4, 0.5) is 16.6 Å². The fourth-order valence-corrected chi connectivity index (χ4v) is 3.95. The van der Waals surface area contributed by atoms with E-state index in [1.54, 1.807) is 11.3 Å². The van der Waals surface area contributed by atoms with Crippen LogP contribution >= 0.6 is 11.3 Å². The molecule has 1 fully saturated rings. The molecule has 24 heavy (non-hydrogen) atoms. The number of nitrogens with zero attached hydrogens (tertiary/aromatic N) is 3. The maximum absolute atomic E-state index is 5.78. The minimum atomic E-state index is 0.232. The second-order valence-corrected chi connectivity index (χ2v) is 7.21. The van der Waals surface area contributed by atoms with Gasteiger partial charge in [0.2, 0.25) is 0 Å². The molecule has 0 amide bonds. The Hall–Kier alpha value is -2.18. The summed E-state index contributed by atoms with van der Waals surface area (Å²) in [6.45, 7) is 5.96. The van der Waals surface area contributed by atoms with Gasteiger partial charge in [-0.05, 0) is 38.1 Å². The highest BCUT2D eigenvalue weighted by Gasteiger charge is 2.22. The molecule has 5 nitrogen and oxygen atoms in total. The van der Waals surface area contributed by atoms with E-state index >= 15 is 0 Å². The average molecular weight is 340 g/mol. The molecule has 6 heteroatoms. The fraction of sp³-hybridized carbons (Fsp3) is 0.333. The Kier molecular flexibility index (Phi) is 4.08. The van der Waals surface area contributed by atoms with E-state index in [9.17, 15) is 0 Å². The normalized spacial score (nSPS) is 21.2. The van der Waals surface area contributed by atoms with Crippen LogP contribution < -0.4 is 10.2 Å². The average Bonchev–Trinajstić information content (AvgIpc) is 2.97. The maximum atomic E-state index is 5.78. The van der Waals surface area contributed by atoms with Gasteiger partial charge in [0.15, 0.2) is 5.13 Å². The Bertz CT molecular complexity index is 789. The molecular weight excluding hydrogens is 320 g/mol. The summed E-state index contributed by atoms with van der Waals surface area (Å²) in [6.07, 6.45) is 2.33. The van der Waals surface area contributed by atoms with Crippen molar-refractivity contribution < 1.29 is 4.74 Å². The standard InChI is InChI=1S/C18H20N4OS/c1-12-10-22(11-13(2)23-12)17-8-7-14(9-19-17)20-18-21-15-5-3-4-6-16(15)24-18/h3-9,12-13H,10-11H2,1-2H3,(H,20,21)/t12-,13+. The molecule has 4 rings (SSSR count). The maximum Gasteiger partial charge on any atom is 0.188 e. The summed E-state index contributed by atoms with van der Waals surface area (Å²) in [5.41, 5.74) is 1.97. The Morgan fingerprint density at radius 3 is 2.62 bits per heavy atom. The first kappa shape index (κ1) is 15.4. The van der Waals surface area contributed by atoms with E-state index in [1.165, 1.54) is 4.70 Å². The zero-order valence-electron chi connectivity index (χ0n) is 13.8. The molecule has 1 aliphatic heterocycles. The molecule has 1 aliphatic rings. The Morgan fingerprint density at radius 2 is 1.92 bits per heavy atom. The van der Waals surface area contributed by atoms with Crippen molar-refractivity contribution >= 4 is 38.2 Å². The Morgan fingerprint density at radius 1 is 1.12 bits per heavy atom. The van der Waals surface area contributed by atoms with Gasteiger partial charge < -0.3 is 15.0 Å². The first-order valence-electron chi connectivity index (χ1n) is 8.16. The van der Waals surface area contributed by atoms with Crippen LogP contribution in [0.3, 0.4) is 0 Å². The number of aromatic nitrogens is 2. The Balaban J connectivity index is 1.49. The lowest BCUT2D eigenvalue weighted by Crippen LogP contribution is -2.45. The molecule has 3 heterocycles. The van der Waals surface area contributed by atoms with Gasteiger partial charge in [-0.3, -0.25) is 0 Å². The smallest absolute Gasteiger partial charge is 0.188 e. The van der Waals surface area contributed by atoms with E-state index in [4.69, 9.17) is 4.74 Å². The molecule has 1 aromatic carbocycles. The van der Waals surface area contributed by atoms with Crippen molar-refractivity contribution in [1.29, 1.82) is 0 Å². The van der Waals surface area contributed by atoms with Gasteiger partial charge in [-0.15, -0.1) is 0 Å². The van der Waals surface area contributed by atoms with Crippen LogP contribution in [0.2, 0.25) is 0 Å². The summed E-state index contributed by atoms with van der Waals surface area (Å²) >= 11 is 1.65. The number of pyridine rings is 1. The van der Waals surface area contributed by atoms with Gasteiger partial charge in [0.1, 0.15) is 5.82 Å². The highest BCUT2D eigenvalue weighted by atomic mass is 32.1. The van der Waals surface area contributed by atoms with Gasteiger partial charge in [0.05, 0.1) is 34.3 Å². The van der Waals surface area contributed by atoms with E-state index in [0.29, 0.717) is 0 Å².